The summed E-state index contributed by atoms with van der Waals surface area (Å²) in [6.45, 7) is 8.49. The third-order valence-corrected chi connectivity index (χ3v) is 4.68. The lowest BCUT2D eigenvalue weighted by molar-refractivity contribution is -0.255. The summed E-state index contributed by atoms with van der Waals surface area (Å²) in [5, 5.41) is 20.7. The molecule has 3 aliphatic rings. The van der Waals surface area contributed by atoms with Crippen molar-refractivity contribution in [3.63, 3.8) is 0 Å². The predicted molar refractivity (Wildman–Crippen MR) is 75.4 cm³/mol. The quantitative estimate of drug-likeness (QED) is 0.768. The fourth-order valence-corrected chi connectivity index (χ4v) is 3.50. The molecule has 3 aliphatic heterocycles. The van der Waals surface area contributed by atoms with Crippen molar-refractivity contribution >= 4 is 5.97 Å². The van der Waals surface area contributed by atoms with Gasteiger partial charge in [0.15, 0.2) is 17.9 Å². The van der Waals surface area contributed by atoms with E-state index in [2.05, 4.69) is 0 Å². The molecule has 1 unspecified atom stereocenters. The maximum Gasteiger partial charge on any atom is 0.309 e. The lowest BCUT2D eigenvalue weighted by Gasteiger charge is -2.38. The average molecular weight is 332 g/mol. The molecule has 0 amide bonds. The molecule has 0 aromatic heterocycles. The molecule has 0 spiro atoms. The molecule has 6 atom stereocenters. The van der Waals surface area contributed by atoms with E-state index in [4.69, 9.17) is 23.7 Å². The Labute approximate surface area is 134 Å². The van der Waals surface area contributed by atoms with Crippen LogP contribution in [-0.4, -0.2) is 64.6 Å². The van der Waals surface area contributed by atoms with Crippen molar-refractivity contribution in [2.24, 2.45) is 5.92 Å². The highest BCUT2D eigenvalue weighted by molar-refractivity contribution is 5.71. The molecule has 0 aromatic rings. The van der Waals surface area contributed by atoms with Gasteiger partial charge >= 0.3 is 5.97 Å². The molecule has 8 nitrogen and oxygen atoms in total. The van der Waals surface area contributed by atoms with Crippen LogP contribution in [0.3, 0.4) is 0 Å². The van der Waals surface area contributed by atoms with E-state index in [9.17, 15) is 15.0 Å². The molecule has 3 heterocycles. The highest BCUT2D eigenvalue weighted by Crippen LogP contribution is 2.49. The number of carboxylic acids is 1. The topological polar surface area (TPSA) is 104 Å². The third kappa shape index (κ3) is 2.67. The second-order valence-electron chi connectivity index (χ2n) is 7.30. The van der Waals surface area contributed by atoms with E-state index in [-0.39, 0.29) is 6.61 Å². The zero-order valence-corrected chi connectivity index (χ0v) is 13.9. The number of aliphatic carboxylic acids is 1. The first-order chi connectivity index (χ1) is 10.5. The van der Waals surface area contributed by atoms with Crippen LogP contribution in [0.1, 0.15) is 34.6 Å². The zero-order chi connectivity index (χ0) is 17.2. The molecule has 132 valence electrons. The van der Waals surface area contributed by atoms with Gasteiger partial charge in [-0.1, -0.05) is 0 Å². The van der Waals surface area contributed by atoms with E-state index >= 15 is 0 Å². The molecular weight excluding hydrogens is 308 g/mol. The van der Waals surface area contributed by atoms with Crippen LogP contribution in [0, 0.1) is 5.92 Å². The first-order valence-corrected chi connectivity index (χ1v) is 7.74. The number of hydrogen-bond acceptors (Lipinski definition) is 7. The second-order valence-corrected chi connectivity index (χ2v) is 7.30. The Balaban J connectivity index is 1.92. The maximum atomic E-state index is 11.5. The smallest absolute Gasteiger partial charge is 0.309 e. The third-order valence-electron chi connectivity index (χ3n) is 4.68. The van der Waals surface area contributed by atoms with Gasteiger partial charge in [0.25, 0.3) is 0 Å². The first kappa shape index (κ1) is 17.1. The minimum atomic E-state index is -1.79. The van der Waals surface area contributed by atoms with Gasteiger partial charge in [0.2, 0.25) is 0 Å². The van der Waals surface area contributed by atoms with Gasteiger partial charge in [0, 0.05) is 0 Å². The molecule has 0 aliphatic carbocycles. The fourth-order valence-electron chi connectivity index (χ4n) is 3.50. The Kier molecular flexibility index (Phi) is 3.79. The molecular formula is C15H24O8. The summed E-state index contributed by atoms with van der Waals surface area (Å²) >= 11 is 0. The number of hydrogen-bond donors (Lipinski definition) is 2. The Hall–Kier alpha value is -0.770. The molecule has 3 saturated heterocycles. The van der Waals surface area contributed by atoms with E-state index in [1.807, 2.05) is 0 Å². The zero-order valence-electron chi connectivity index (χ0n) is 13.9. The lowest BCUT2D eigenvalue weighted by Crippen LogP contribution is -2.59. The van der Waals surface area contributed by atoms with Crippen molar-refractivity contribution in [2.45, 2.75) is 76.4 Å². The van der Waals surface area contributed by atoms with Gasteiger partial charge in [-0.15, -0.1) is 0 Å². The minimum Gasteiger partial charge on any atom is -0.481 e. The summed E-state index contributed by atoms with van der Waals surface area (Å²) in [7, 11) is 0. The van der Waals surface area contributed by atoms with Gasteiger partial charge in [-0.25, -0.2) is 0 Å². The van der Waals surface area contributed by atoms with Crippen LogP contribution in [0.5, 0.6) is 0 Å². The molecule has 3 rings (SSSR count). The molecule has 8 heteroatoms. The second kappa shape index (κ2) is 5.11. The number of carbonyl (C=O) groups is 1. The molecule has 0 aromatic carbocycles. The van der Waals surface area contributed by atoms with Crippen molar-refractivity contribution < 1.29 is 38.7 Å². The average Bonchev–Trinajstić information content (AvgIpc) is 3.00. The molecule has 0 bridgehead atoms. The Morgan fingerprint density at radius 3 is 2.26 bits per heavy atom. The SMILES string of the molecule is CC(C(=O)O)[C@@]1(O)[C@@H]([C@H]2COC(C)(C)O2)O[C@@H]2OC(C)(C)O[C@@H]21. The van der Waals surface area contributed by atoms with Gasteiger partial charge in [-0.3, -0.25) is 4.79 Å². The Morgan fingerprint density at radius 2 is 1.74 bits per heavy atom. The van der Waals surface area contributed by atoms with Crippen LogP contribution in [0.15, 0.2) is 0 Å². The summed E-state index contributed by atoms with van der Waals surface area (Å²) in [6.07, 6.45) is -3.31. The first-order valence-electron chi connectivity index (χ1n) is 7.74. The van der Waals surface area contributed by atoms with Gasteiger partial charge in [0.05, 0.1) is 12.5 Å². The molecule has 0 saturated carbocycles. The van der Waals surface area contributed by atoms with Crippen LogP contribution >= 0.6 is 0 Å². The van der Waals surface area contributed by atoms with E-state index in [0.717, 1.165) is 0 Å². The standard InChI is InChI=1S/C15H24O8/c1-7(11(16)17)15(18)9(8-6-19-13(2,3)21-8)20-12-10(15)22-14(4,5)23-12/h7-10,12,18H,6H2,1-5H3,(H,16,17)/t7?,8-,9-,10+,12-,15-/m1/s1. The number of aliphatic hydroxyl groups is 1. The van der Waals surface area contributed by atoms with E-state index in [1.165, 1.54) is 6.92 Å². The van der Waals surface area contributed by atoms with Crippen LogP contribution in [-0.2, 0) is 28.5 Å². The Morgan fingerprint density at radius 1 is 1.09 bits per heavy atom. The highest BCUT2D eigenvalue weighted by atomic mass is 16.8. The lowest BCUT2D eigenvalue weighted by atomic mass is 9.78. The number of rotatable bonds is 3. The van der Waals surface area contributed by atoms with Crippen LogP contribution in [0.4, 0.5) is 0 Å². The summed E-state index contributed by atoms with van der Waals surface area (Å²) in [6, 6.07) is 0. The van der Waals surface area contributed by atoms with Gasteiger partial charge in [0.1, 0.15) is 23.9 Å². The van der Waals surface area contributed by atoms with Crippen molar-refractivity contribution in [3.8, 4) is 0 Å². The molecule has 3 fully saturated rings. The van der Waals surface area contributed by atoms with Gasteiger partial charge in [-0.2, -0.15) is 0 Å². The molecule has 0 radical (unpaired) electrons. The van der Waals surface area contributed by atoms with Crippen molar-refractivity contribution in [2.75, 3.05) is 6.61 Å². The van der Waals surface area contributed by atoms with E-state index in [0.29, 0.717) is 0 Å². The van der Waals surface area contributed by atoms with Crippen molar-refractivity contribution in [1.82, 2.24) is 0 Å². The summed E-state index contributed by atoms with van der Waals surface area (Å²) in [4.78, 5) is 11.5. The minimum absolute atomic E-state index is 0.190. The van der Waals surface area contributed by atoms with Crippen molar-refractivity contribution in [1.29, 1.82) is 0 Å². The van der Waals surface area contributed by atoms with Crippen LogP contribution < -0.4 is 0 Å². The maximum absolute atomic E-state index is 11.5. The summed E-state index contributed by atoms with van der Waals surface area (Å²) < 4.78 is 28.5. The summed E-state index contributed by atoms with van der Waals surface area (Å²) in [5.74, 6) is -4.06. The summed E-state index contributed by atoms with van der Waals surface area (Å²) in [5.41, 5.74) is -1.79. The van der Waals surface area contributed by atoms with Crippen molar-refractivity contribution in [3.05, 3.63) is 0 Å². The normalized spacial score (nSPS) is 45.8. The van der Waals surface area contributed by atoms with Gasteiger partial charge < -0.3 is 33.9 Å². The number of fused-ring (bicyclic) bond motifs is 1. The van der Waals surface area contributed by atoms with Crippen LogP contribution in [0.25, 0.3) is 0 Å². The van der Waals surface area contributed by atoms with E-state index in [1.54, 1.807) is 27.7 Å². The molecule has 2 N–H and O–H groups in total. The number of ether oxygens (including phenoxy) is 5. The van der Waals surface area contributed by atoms with E-state index < -0.39 is 53.7 Å². The monoisotopic (exact) mass is 332 g/mol. The largest absolute Gasteiger partial charge is 0.481 e. The van der Waals surface area contributed by atoms with Gasteiger partial charge in [-0.05, 0) is 34.6 Å². The highest BCUT2D eigenvalue weighted by Gasteiger charge is 2.69. The fraction of sp³-hybridized carbons (Fsp3) is 0.933. The number of carboxylic acid groups (broad SMARTS) is 1. The predicted octanol–water partition coefficient (Wildman–Crippen LogP) is 0.466. The Bertz CT molecular complexity index is 504. The molecule has 23 heavy (non-hydrogen) atoms. The van der Waals surface area contributed by atoms with Crippen LogP contribution in [0.2, 0.25) is 0 Å².